The lowest BCUT2D eigenvalue weighted by Crippen LogP contribution is -2.50. The van der Waals surface area contributed by atoms with Gasteiger partial charge in [-0.05, 0) is 37.5 Å². The molecule has 0 rings (SSSR count). The Bertz CT molecular complexity index is 349. The summed E-state index contributed by atoms with van der Waals surface area (Å²) < 4.78 is 0.406. The van der Waals surface area contributed by atoms with Crippen LogP contribution in [0.2, 0.25) is 0 Å². The van der Waals surface area contributed by atoms with Crippen LogP contribution in [-0.2, 0) is 0 Å². The van der Waals surface area contributed by atoms with Crippen LogP contribution in [0.15, 0.2) is 0 Å². The summed E-state index contributed by atoms with van der Waals surface area (Å²) in [6.07, 6.45) is 1.29. The van der Waals surface area contributed by atoms with Crippen LogP contribution in [0.5, 0.6) is 0 Å². The third kappa shape index (κ3) is 10.8. The van der Waals surface area contributed by atoms with Crippen LogP contribution >= 0.6 is 24.8 Å². The zero-order valence-electron chi connectivity index (χ0n) is 15.5. The van der Waals surface area contributed by atoms with E-state index in [2.05, 4.69) is 54.2 Å². The Hall–Kier alpha value is 0.160. The lowest BCUT2D eigenvalue weighted by atomic mass is 9.81. The van der Waals surface area contributed by atoms with E-state index in [4.69, 9.17) is 12.2 Å². The van der Waals surface area contributed by atoms with Gasteiger partial charge in [0.1, 0.15) is 4.32 Å². The summed E-state index contributed by atoms with van der Waals surface area (Å²) in [6.45, 7) is 17.0. The first-order valence-corrected chi connectivity index (χ1v) is 8.71. The summed E-state index contributed by atoms with van der Waals surface area (Å²) in [5.41, 5.74) is -1.74. The molecule has 22 heavy (non-hydrogen) atoms. The first-order valence-electron chi connectivity index (χ1n) is 7.85. The molecule has 0 bridgehead atoms. The van der Waals surface area contributed by atoms with E-state index in [1.807, 2.05) is 13.8 Å². The average molecular weight is 350 g/mol. The molecule has 0 saturated carbocycles. The van der Waals surface area contributed by atoms with E-state index in [1.165, 1.54) is 0 Å². The Balaban J connectivity index is 4.99. The molecular weight excluding hydrogens is 314 g/mol. The Kier molecular flexibility index (Phi) is 7.42. The van der Waals surface area contributed by atoms with Gasteiger partial charge in [-0.1, -0.05) is 53.8 Å². The number of thiol groups is 1. The number of thiocarbonyl (C=S) groups is 1. The Morgan fingerprint density at radius 1 is 0.818 bits per heavy atom. The van der Waals surface area contributed by atoms with Crippen molar-refractivity contribution in [3.8, 4) is 0 Å². The van der Waals surface area contributed by atoms with Gasteiger partial charge in [0, 0.05) is 13.1 Å². The van der Waals surface area contributed by atoms with Gasteiger partial charge in [0.25, 0.3) is 0 Å². The molecular formula is C17H35NO2S2. The minimum absolute atomic E-state index is 0.0152. The van der Waals surface area contributed by atoms with E-state index in [0.717, 1.165) is 0 Å². The van der Waals surface area contributed by atoms with Gasteiger partial charge in [-0.25, -0.2) is 0 Å². The summed E-state index contributed by atoms with van der Waals surface area (Å²) >= 11 is 9.48. The first-order chi connectivity index (χ1) is 9.43. The molecule has 0 fully saturated rings. The number of hydrogen-bond acceptors (Lipinski definition) is 3. The highest BCUT2D eigenvalue weighted by Gasteiger charge is 2.34. The summed E-state index contributed by atoms with van der Waals surface area (Å²) in [6, 6.07) is 0. The molecule has 0 spiro atoms. The van der Waals surface area contributed by atoms with Gasteiger partial charge in [0.05, 0.1) is 11.2 Å². The van der Waals surface area contributed by atoms with Gasteiger partial charge < -0.3 is 15.1 Å². The zero-order valence-corrected chi connectivity index (χ0v) is 17.2. The molecule has 0 unspecified atom stereocenters. The van der Waals surface area contributed by atoms with Gasteiger partial charge >= 0.3 is 0 Å². The van der Waals surface area contributed by atoms with E-state index in [-0.39, 0.29) is 10.8 Å². The maximum Gasteiger partial charge on any atom is 0.133 e. The fourth-order valence-electron chi connectivity index (χ4n) is 3.41. The largest absolute Gasteiger partial charge is 0.388 e. The van der Waals surface area contributed by atoms with Crippen molar-refractivity contribution in [2.75, 3.05) is 13.1 Å². The summed E-state index contributed by atoms with van der Waals surface area (Å²) in [4.78, 5) is 1.80. The second-order valence-corrected chi connectivity index (χ2v) is 10.7. The van der Waals surface area contributed by atoms with Crippen molar-refractivity contribution in [2.24, 2.45) is 10.8 Å². The standard InChI is InChI=1S/C17H35NO2S2/c1-14(2,3)9-16(7,19)11-18(13(21)22)12-17(8,20)10-15(4,5)6/h19-20H,9-12H2,1-8H3,(H,21,22)/t16-,17+. The molecule has 0 aromatic heterocycles. The highest BCUT2D eigenvalue weighted by molar-refractivity contribution is 8.10. The van der Waals surface area contributed by atoms with Crippen LogP contribution in [0.3, 0.4) is 0 Å². The van der Waals surface area contributed by atoms with Crippen LogP contribution in [-0.4, -0.2) is 43.7 Å². The lowest BCUT2D eigenvalue weighted by molar-refractivity contribution is -0.0302. The maximum absolute atomic E-state index is 10.7. The van der Waals surface area contributed by atoms with Crippen molar-refractivity contribution in [3.63, 3.8) is 0 Å². The van der Waals surface area contributed by atoms with E-state index in [1.54, 1.807) is 4.90 Å². The van der Waals surface area contributed by atoms with Crippen molar-refractivity contribution in [3.05, 3.63) is 0 Å². The molecule has 132 valence electrons. The molecule has 0 aliphatic heterocycles. The smallest absolute Gasteiger partial charge is 0.133 e. The number of nitrogens with zero attached hydrogens (tertiary/aromatic N) is 1. The van der Waals surface area contributed by atoms with Crippen molar-refractivity contribution >= 4 is 29.2 Å². The molecule has 0 radical (unpaired) electrons. The monoisotopic (exact) mass is 349 g/mol. The van der Waals surface area contributed by atoms with Gasteiger partial charge in [0.15, 0.2) is 0 Å². The predicted molar refractivity (Wildman–Crippen MR) is 103 cm³/mol. The molecule has 0 saturated heterocycles. The van der Waals surface area contributed by atoms with E-state index >= 15 is 0 Å². The Labute approximate surface area is 147 Å². The Morgan fingerprint density at radius 3 is 1.27 bits per heavy atom. The van der Waals surface area contributed by atoms with E-state index in [9.17, 15) is 10.2 Å². The average Bonchev–Trinajstić information content (AvgIpc) is 2.05. The molecule has 0 amide bonds. The third-order valence-electron chi connectivity index (χ3n) is 3.16. The molecule has 0 aromatic carbocycles. The number of hydrogen-bond donors (Lipinski definition) is 3. The quantitative estimate of drug-likeness (QED) is 0.503. The Morgan fingerprint density at radius 2 is 1.09 bits per heavy atom. The topological polar surface area (TPSA) is 43.7 Å². The highest BCUT2D eigenvalue weighted by atomic mass is 32.1. The summed E-state index contributed by atoms with van der Waals surface area (Å²) in [7, 11) is 0. The lowest BCUT2D eigenvalue weighted by Gasteiger charge is -2.40. The van der Waals surface area contributed by atoms with Gasteiger partial charge in [-0.2, -0.15) is 0 Å². The molecule has 5 heteroatoms. The van der Waals surface area contributed by atoms with Crippen molar-refractivity contribution in [1.82, 2.24) is 4.90 Å². The summed E-state index contributed by atoms with van der Waals surface area (Å²) in [5.74, 6) is 0. The minimum Gasteiger partial charge on any atom is -0.388 e. The molecule has 2 atom stereocenters. The molecule has 0 aliphatic rings. The van der Waals surface area contributed by atoms with Gasteiger partial charge in [0.2, 0.25) is 0 Å². The van der Waals surface area contributed by atoms with Crippen molar-refractivity contribution in [1.29, 1.82) is 0 Å². The van der Waals surface area contributed by atoms with Crippen LogP contribution < -0.4 is 0 Å². The van der Waals surface area contributed by atoms with E-state index < -0.39 is 11.2 Å². The highest BCUT2D eigenvalue weighted by Crippen LogP contribution is 2.31. The number of aliphatic hydroxyl groups is 2. The van der Waals surface area contributed by atoms with Crippen molar-refractivity contribution < 1.29 is 10.2 Å². The molecule has 0 aromatic rings. The molecule has 2 N–H and O–H groups in total. The second-order valence-electron chi connectivity index (χ2n) is 9.61. The first kappa shape index (κ1) is 22.2. The van der Waals surface area contributed by atoms with E-state index in [0.29, 0.717) is 30.3 Å². The van der Waals surface area contributed by atoms with Crippen LogP contribution in [0.1, 0.15) is 68.2 Å². The van der Waals surface area contributed by atoms with Gasteiger partial charge in [-0.15, -0.1) is 12.6 Å². The van der Waals surface area contributed by atoms with Crippen LogP contribution in [0, 0.1) is 10.8 Å². The minimum atomic E-state index is -0.886. The normalized spacial score (nSPS) is 18.5. The van der Waals surface area contributed by atoms with Crippen LogP contribution in [0.4, 0.5) is 0 Å². The third-order valence-corrected chi connectivity index (χ3v) is 3.70. The molecule has 3 nitrogen and oxygen atoms in total. The molecule has 0 heterocycles. The predicted octanol–water partition coefficient (Wildman–Crippen LogP) is 3.88. The fraction of sp³-hybridized carbons (Fsp3) is 0.941. The molecule has 0 aliphatic carbocycles. The maximum atomic E-state index is 10.7. The van der Waals surface area contributed by atoms with Crippen molar-refractivity contribution in [2.45, 2.75) is 79.4 Å². The summed E-state index contributed by atoms with van der Waals surface area (Å²) in [5, 5.41) is 21.4. The SMILES string of the molecule is CC(C)(C)C[C@@](C)(O)CN(C[C@@](C)(O)CC(C)(C)C)C(=S)S. The second kappa shape index (κ2) is 7.37. The fourth-order valence-corrected chi connectivity index (χ4v) is 3.68. The number of rotatable bonds is 6. The van der Waals surface area contributed by atoms with Crippen LogP contribution in [0.25, 0.3) is 0 Å². The zero-order chi connectivity index (χ0) is 18.0. The van der Waals surface area contributed by atoms with Gasteiger partial charge in [-0.3, -0.25) is 0 Å².